The Morgan fingerprint density at radius 2 is 2.08 bits per heavy atom. The highest BCUT2D eigenvalue weighted by Crippen LogP contribution is 2.34. The van der Waals surface area contributed by atoms with E-state index in [9.17, 15) is 0 Å². The molecule has 0 bridgehead atoms. The smallest absolute Gasteiger partial charge is 0.219 e. The lowest BCUT2D eigenvalue weighted by atomic mass is 9.83. The maximum absolute atomic E-state index is 5.19. The third-order valence-electron chi connectivity index (χ3n) is 2.74. The van der Waals surface area contributed by atoms with E-state index in [4.69, 9.17) is 4.42 Å². The van der Waals surface area contributed by atoms with Crippen LogP contribution in [0, 0.1) is 5.92 Å². The Balaban J connectivity index is 1.99. The van der Waals surface area contributed by atoms with Crippen LogP contribution in [0.15, 0.2) is 10.8 Å². The zero-order valence-corrected chi connectivity index (χ0v) is 7.36. The molecule has 0 aliphatic heterocycles. The lowest BCUT2D eigenvalue weighted by molar-refractivity contribution is 0.307. The molecule has 0 spiro atoms. The van der Waals surface area contributed by atoms with E-state index in [1.54, 1.807) is 0 Å². The molecule has 12 heavy (non-hydrogen) atoms. The first kappa shape index (κ1) is 7.77. The van der Waals surface area contributed by atoms with Crippen molar-refractivity contribution in [1.29, 1.82) is 0 Å². The van der Waals surface area contributed by atoms with Crippen molar-refractivity contribution in [2.75, 3.05) is 0 Å². The van der Waals surface area contributed by atoms with Gasteiger partial charge in [-0.25, -0.2) is 0 Å². The van der Waals surface area contributed by atoms with Crippen molar-refractivity contribution in [3.63, 3.8) is 0 Å². The van der Waals surface area contributed by atoms with Crippen LogP contribution in [0.3, 0.4) is 0 Å². The van der Waals surface area contributed by atoms with E-state index in [1.807, 2.05) is 0 Å². The van der Waals surface area contributed by atoms with Crippen molar-refractivity contribution in [3.05, 3.63) is 12.3 Å². The van der Waals surface area contributed by atoms with Gasteiger partial charge in [0, 0.05) is 5.92 Å². The van der Waals surface area contributed by atoms with Crippen LogP contribution in [0.25, 0.3) is 0 Å². The highest BCUT2D eigenvalue weighted by atomic mass is 16.4. The molecule has 1 fully saturated rings. The van der Waals surface area contributed by atoms with Crippen LogP contribution < -0.4 is 0 Å². The molecule has 0 unspecified atom stereocenters. The van der Waals surface area contributed by atoms with Gasteiger partial charge in [0.1, 0.15) is 0 Å². The zero-order valence-electron chi connectivity index (χ0n) is 7.36. The average Bonchev–Trinajstić information content (AvgIpc) is 2.58. The van der Waals surface area contributed by atoms with Gasteiger partial charge in [0.15, 0.2) is 0 Å². The molecule has 0 aromatic carbocycles. The molecule has 0 saturated heterocycles. The zero-order chi connectivity index (χ0) is 8.39. The molecule has 0 amide bonds. The molecular formula is C9H14N2O. The van der Waals surface area contributed by atoms with E-state index in [-0.39, 0.29) is 0 Å². The highest BCUT2D eigenvalue weighted by molar-refractivity contribution is 4.90. The minimum Gasteiger partial charge on any atom is -0.428 e. The molecule has 1 aliphatic carbocycles. The maximum Gasteiger partial charge on any atom is 0.219 e. The van der Waals surface area contributed by atoms with Crippen molar-refractivity contribution in [2.24, 2.45) is 5.92 Å². The van der Waals surface area contributed by atoms with Gasteiger partial charge < -0.3 is 4.42 Å². The number of nitrogens with zero attached hydrogens (tertiary/aromatic N) is 2. The fraction of sp³-hybridized carbons (Fsp3) is 0.778. The Hall–Kier alpha value is -0.860. The lowest BCUT2D eigenvalue weighted by Gasteiger charge is -2.23. The Bertz CT molecular complexity index is 225. The van der Waals surface area contributed by atoms with Crippen LogP contribution >= 0.6 is 0 Å². The summed E-state index contributed by atoms with van der Waals surface area (Å²) in [5, 5.41) is 7.65. The molecule has 1 aliphatic rings. The van der Waals surface area contributed by atoms with E-state index in [0.29, 0.717) is 5.92 Å². The first-order valence-electron chi connectivity index (χ1n) is 4.62. The summed E-state index contributed by atoms with van der Waals surface area (Å²) in [6, 6.07) is 0. The van der Waals surface area contributed by atoms with Crippen LogP contribution in [-0.4, -0.2) is 10.2 Å². The van der Waals surface area contributed by atoms with Crippen molar-refractivity contribution in [2.45, 2.75) is 38.5 Å². The van der Waals surface area contributed by atoms with Gasteiger partial charge in [-0.3, -0.25) is 0 Å². The first-order chi connectivity index (χ1) is 5.86. The largest absolute Gasteiger partial charge is 0.428 e. The van der Waals surface area contributed by atoms with Crippen LogP contribution in [0.1, 0.15) is 44.4 Å². The molecule has 1 saturated carbocycles. The summed E-state index contributed by atoms with van der Waals surface area (Å²) in [4.78, 5) is 0. The van der Waals surface area contributed by atoms with Crippen molar-refractivity contribution in [1.82, 2.24) is 10.2 Å². The van der Waals surface area contributed by atoms with Gasteiger partial charge >= 0.3 is 0 Å². The number of aromatic nitrogens is 2. The molecule has 3 heteroatoms. The van der Waals surface area contributed by atoms with Gasteiger partial charge in [-0.1, -0.05) is 6.92 Å². The molecule has 0 radical (unpaired) electrons. The molecule has 1 aromatic rings. The second kappa shape index (κ2) is 3.25. The van der Waals surface area contributed by atoms with Crippen LogP contribution in [0.4, 0.5) is 0 Å². The molecule has 66 valence electrons. The summed E-state index contributed by atoms with van der Waals surface area (Å²) in [5.41, 5.74) is 0. The predicted molar refractivity (Wildman–Crippen MR) is 44.7 cm³/mol. The van der Waals surface area contributed by atoms with Gasteiger partial charge in [-0.05, 0) is 31.6 Å². The number of rotatable bonds is 1. The molecule has 2 rings (SSSR count). The van der Waals surface area contributed by atoms with E-state index in [0.717, 1.165) is 11.8 Å². The Morgan fingerprint density at radius 1 is 1.33 bits per heavy atom. The fourth-order valence-electron chi connectivity index (χ4n) is 1.87. The minimum atomic E-state index is 0.531. The second-order valence-corrected chi connectivity index (χ2v) is 3.73. The predicted octanol–water partition coefficient (Wildman–Crippen LogP) is 2.36. The van der Waals surface area contributed by atoms with E-state index < -0.39 is 0 Å². The highest BCUT2D eigenvalue weighted by Gasteiger charge is 2.22. The lowest BCUT2D eigenvalue weighted by Crippen LogP contribution is -2.10. The Labute approximate surface area is 72.2 Å². The minimum absolute atomic E-state index is 0.531. The van der Waals surface area contributed by atoms with Crippen molar-refractivity contribution in [3.8, 4) is 0 Å². The van der Waals surface area contributed by atoms with E-state index in [2.05, 4.69) is 17.1 Å². The summed E-state index contributed by atoms with van der Waals surface area (Å²) in [5.74, 6) is 2.25. The SMILES string of the molecule is CC1CCC(c2nnco2)CC1. The van der Waals surface area contributed by atoms with E-state index in [1.165, 1.54) is 32.1 Å². The van der Waals surface area contributed by atoms with Crippen molar-refractivity contribution >= 4 is 0 Å². The van der Waals surface area contributed by atoms with Crippen LogP contribution in [0.2, 0.25) is 0 Å². The molecule has 3 nitrogen and oxygen atoms in total. The summed E-state index contributed by atoms with van der Waals surface area (Å²) >= 11 is 0. The monoisotopic (exact) mass is 166 g/mol. The van der Waals surface area contributed by atoms with Gasteiger partial charge in [-0.15, -0.1) is 10.2 Å². The molecule has 1 aromatic heterocycles. The normalized spacial score (nSPS) is 30.4. The van der Waals surface area contributed by atoms with Crippen molar-refractivity contribution < 1.29 is 4.42 Å². The summed E-state index contributed by atoms with van der Waals surface area (Å²) in [7, 11) is 0. The molecular weight excluding hydrogens is 152 g/mol. The first-order valence-corrected chi connectivity index (χ1v) is 4.62. The number of hydrogen-bond acceptors (Lipinski definition) is 3. The Kier molecular flexibility index (Phi) is 2.11. The van der Waals surface area contributed by atoms with Gasteiger partial charge in [-0.2, -0.15) is 0 Å². The average molecular weight is 166 g/mol. The van der Waals surface area contributed by atoms with Gasteiger partial charge in [0.2, 0.25) is 12.3 Å². The second-order valence-electron chi connectivity index (χ2n) is 3.73. The summed E-state index contributed by atoms with van der Waals surface area (Å²) in [6.07, 6.45) is 6.44. The van der Waals surface area contributed by atoms with E-state index >= 15 is 0 Å². The summed E-state index contributed by atoms with van der Waals surface area (Å²) < 4.78 is 5.19. The topological polar surface area (TPSA) is 38.9 Å². The fourth-order valence-corrected chi connectivity index (χ4v) is 1.87. The standard InChI is InChI=1S/C9H14N2O/c1-7-2-4-8(5-3-7)9-11-10-6-12-9/h6-8H,2-5H2,1H3. The van der Waals surface area contributed by atoms with Gasteiger partial charge in [0.25, 0.3) is 0 Å². The van der Waals surface area contributed by atoms with Crippen LogP contribution in [-0.2, 0) is 0 Å². The third kappa shape index (κ3) is 1.49. The molecule has 0 atom stereocenters. The quantitative estimate of drug-likeness (QED) is 0.642. The van der Waals surface area contributed by atoms with Crippen LogP contribution in [0.5, 0.6) is 0 Å². The third-order valence-corrected chi connectivity index (χ3v) is 2.74. The molecule has 1 heterocycles. The Morgan fingerprint density at radius 3 is 2.67 bits per heavy atom. The van der Waals surface area contributed by atoms with Gasteiger partial charge in [0.05, 0.1) is 0 Å². The maximum atomic E-state index is 5.19. The number of hydrogen-bond donors (Lipinski definition) is 0. The summed E-state index contributed by atoms with van der Waals surface area (Å²) in [6.45, 7) is 2.31. The molecule has 0 N–H and O–H groups in total.